The van der Waals surface area contributed by atoms with Gasteiger partial charge in [-0.3, -0.25) is 0 Å². The van der Waals surface area contributed by atoms with Crippen LogP contribution >= 0.6 is 0 Å². The van der Waals surface area contributed by atoms with Gasteiger partial charge in [0.1, 0.15) is 12.4 Å². The van der Waals surface area contributed by atoms with E-state index in [1.165, 1.54) is 25.1 Å². The van der Waals surface area contributed by atoms with Crippen LogP contribution in [0.4, 0.5) is 4.39 Å². The third-order valence-corrected chi connectivity index (χ3v) is 1.70. The molecule has 0 heterocycles. The molecular formula is C9H11FO2. The van der Waals surface area contributed by atoms with E-state index in [9.17, 15) is 9.50 Å². The fourth-order valence-corrected chi connectivity index (χ4v) is 1.02. The average molecular weight is 170 g/mol. The smallest absolute Gasteiger partial charge is 0.121 e. The molecule has 0 saturated heterocycles. The first-order chi connectivity index (χ1) is 5.65. The van der Waals surface area contributed by atoms with Gasteiger partial charge in [0.15, 0.2) is 0 Å². The standard InChI is InChI=1S/C9H11FO2/c1-6(11)8-4-7(5-10)2-3-9(8)12/h2-4,6,11-12H,5H2,1H3. The van der Waals surface area contributed by atoms with Gasteiger partial charge in [-0.2, -0.15) is 0 Å². The van der Waals surface area contributed by atoms with Crippen molar-refractivity contribution in [2.75, 3.05) is 0 Å². The van der Waals surface area contributed by atoms with Gasteiger partial charge in [-0.15, -0.1) is 0 Å². The number of phenolic OH excluding ortho intramolecular Hbond substituents is 1. The van der Waals surface area contributed by atoms with Crippen molar-refractivity contribution in [2.45, 2.75) is 19.7 Å². The first kappa shape index (κ1) is 9.00. The van der Waals surface area contributed by atoms with Gasteiger partial charge in [0.25, 0.3) is 0 Å². The van der Waals surface area contributed by atoms with E-state index in [0.29, 0.717) is 11.1 Å². The molecule has 1 aromatic carbocycles. The predicted octanol–water partition coefficient (Wildman–Crippen LogP) is 1.91. The second kappa shape index (κ2) is 3.54. The van der Waals surface area contributed by atoms with E-state index < -0.39 is 12.8 Å². The van der Waals surface area contributed by atoms with Crippen molar-refractivity contribution in [1.29, 1.82) is 0 Å². The van der Waals surface area contributed by atoms with Crippen LogP contribution in [0.25, 0.3) is 0 Å². The van der Waals surface area contributed by atoms with E-state index in [0.717, 1.165) is 0 Å². The second-order valence-corrected chi connectivity index (χ2v) is 2.70. The number of phenols is 1. The van der Waals surface area contributed by atoms with Crippen molar-refractivity contribution >= 4 is 0 Å². The predicted molar refractivity (Wildman–Crippen MR) is 43.6 cm³/mol. The van der Waals surface area contributed by atoms with E-state index in [1.54, 1.807) is 0 Å². The molecule has 0 spiro atoms. The second-order valence-electron chi connectivity index (χ2n) is 2.70. The number of aliphatic hydroxyl groups is 1. The lowest BCUT2D eigenvalue weighted by molar-refractivity contribution is 0.195. The van der Waals surface area contributed by atoms with Gasteiger partial charge in [0.2, 0.25) is 0 Å². The Morgan fingerprint density at radius 3 is 2.67 bits per heavy atom. The Bertz CT molecular complexity index is 271. The number of hydrogen-bond acceptors (Lipinski definition) is 2. The zero-order valence-corrected chi connectivity index (χ0v) is 6.79. The molecule has 2 nitrogen and oxygen atoms in total. The zero-order valence-electron chi connectivity index (χ0n) is 6.79. The molecule has 1 rings (SSSR count). The summed E-state index contributed by atoms with van der Waals surface area (Å²) in [6.07, 6.45) is -0.767. The molecule has 1 aromatic rings. The molecule has 0 bridgehead atoms. The summed E-state index contributed by atoms with van der Waals surface area (Å²) < 4.78 is 12.1. The van der Waals surface area contributed by atoms with Gasteiger partial charge in [0.05, 0.1) is 6.10 Å². The highest BCUT2D eigenvalue weighted by molar-refractivity contribution is 5.37. The highest BCUT2D eigenvalue weighted by Crippen LogP contribution is 2.24. The van der Waals surface area contributed by atoms with Gasteiger partial charge < -0.3 is 10.2 Å². The molecule has 0 aliphatic carbocycles. The van der Waals surface area contributed by atoms with Crippen LogP contribution in [0.3, 0.4) is 0 Å². The SMILES string of the molecule is CC(O)c1cc(CF)ccc1O. The van der Waals surface area contributed by atoms with Gasteiger partial charge >= 0.3 is 0 Å². The average Bonchev–Trinajstić information content (AvgIpc) is 2.05. The molecule has 0 aliphatic rings. The molecule has 0 radical (unpaired) electrons. The Morgan fingerprint density at radius 1 is 1.50 bits per heavy atom. The lowest BCUT2D eigenvalue weighted by atomic mass is 10.1. The number of hydrogen-bond donors (Lipinski definition) is 2. The number of rotatable bonds is 2. The molecule has 0 fully saturated rings. The Labute approximate surface area is 70.3 Å². The van der Waals surface area contributed by atoms with Crippen molar-refractivity contribution in [2.24, 2.45) is 0 Å². The first-order valence-electron chi connectivity index (χ1n) is 3.71. The molecule has 0 saturated carbocycles. The maximum Gasteiger partial charge on any atom is 0.121 e. The molecule has 12 heavy (non-hydrogen) atoms. The van der Waals surface area contributed by atoms with Gasteiger partial charge in [-0.1, -0.05) is 6.07 Å². The van der Waals surface area contributed by atoms with Crippen LogP contribution in [0.2, 0.25) is 0 Å². The topological polar surface area (TPSA) is 40.5 Å². The van der Waals surface area contributed by atoms with E-state index in [2.05, 4.69) is 0 Å². The van der Waals surface area contributed by atoms with E-state index in [4.69, 9.17) is 5.11 Å². The number of aromatic hydroxyl groups is 1. The summed E-state index contributed by atoms with van der Waals surface area (Å²) in [5, 5.41) is 18.4. The summed E-state index contributed by atoms with van der Waals surface area (Å²) in [5.74, 6) is 0.00204. The van der Waals surface area contributed by atoms with Gasteiger partial charge in [-0.25, -0.2) is 4.39 Å². The monoisotopic (exact) mass is 170 g/mol. The van der Waals surface area contributed by atoms with Crippen molar-refractivity contribution < 1.29 is 14.6 Å². The van der Waals surface area contributed by atoms with Crippen LogP contribution in [-0.2, 0) is 6.67 Å². The van der Waals surface area contributed by atoms with Crippen LogP contribution in [0, 0.1) is 0 Å². The largest absolute Gasteiger partial charge is 0.508 e. The normalized spacial score (nSPS) is 12.9. The van der Waals surface area contributed by atoms with Gasteiger partial charge in [0, 0.05) is 5.56 Å². The molecule has 0 aromatic heterocycles. The van der Waals surface area contributed by atoms with E-state index in [-0.39, 0.29) is 5.75 Å². The van der Waals surface area contributed by atoms with Gasteiger partial charge in [-0.05, 0) is 24.6 Å². The molecule has 1 unspecified atom stereocenters. The number of alkyl halides is 1. The maximum atomic E-state index is 12.1. The molecule has 66 valence electrons. The summed E-state index contributed by atoms with van der Waals surface area (Å²) in [7, 11) is 0. The maximum absolute atomic E-state index is 12.1. The van der Waals surface area contributed by atoms with Crippen molar-refractivity contribution in [3.63, 3.8) is 0 Å². The van der Waals surface area contributed by atoms with Crippen LogP contribution in [0.1, 0.15) is 24.2 Å². The zero-order chi connectivity index (χ0) is 9.14. The van der Waals surface area contributed by atoms with Crippen molar-refractivity contribution in [3.05, 3.63) is 29.3 Å². The van der Waals surface area contributed by atoms with Crippen LogP contribution in [0.5, 0.6) is 5.75 Å². The fourth-order valence-electron chi connectivity index (χ4n) is 1.02. The number of halogens is 1. The fraction of sp³-hybridized carbons (Fsp3) is 0.333. The molecular weight excluding hydrogens is 159 g/mol. The Balaban J connectivity index is 3.08. The Hall–Kier alpha value is -1.09. The third kappa shape index (κ3) is 1.74. The first-order valence-corrected chi connectivity index (χ1v) is 3.71. The van der Waals surface area contributed by atoms with E-state index in [1.807, 2.05) is 0 Å². The lowest BCUT2D eigenvalue weighted by Gasteiger charge is -2.07. The number of aliphatic hydroxyl groups excluding tert-OH is 1. The van der Waals surface area contributed by atoms with Crippen LogP contribution in [0.15, 0.2) is 18.2 Å². The van der Waals surface area contributed by atoms with Crippen molar-refractivity contribution in [3.8, 4) is 5.75 Å². The quantitative estimate of drug-likeness (QED) is 0.711. The summed E-state index contributed by atoms with van der Waals surface area (Å²) in [5.41, 5.74) is 0.828. The lowest BCUT2D eigenvalue weighted by Crippen LogP contribution is -1.93. The van der Waals surface area contributed by atoms with Crippen molar-refractivity contribution in [1.82, 2.24) is 0 Å². The highest BCUT2D eigenvalue weighted by Gasteiger charge is 2.07. The summed E-state index contributed by atoms with van der Waals surface area (Å²) in [4.78, 5) is 0. The van der Waals surface area contributed by atoms with E-state index >= 15 is 0 Å². The summed E-state index contributed by atoms with van der Waals surface area (Å²) in [6, 6.07) is 4.33. The molecule has 2 N–H and O–H groups in total. The minimum atomic E-state index is -0.767. The Morgan fingerprint density at radius 2 is 2.17 bits per heavy atom. The molecule has 3 heteroatoms. The molecule has 0 amide bonds. The number of benzene rings is 1. The Kier molecular flexibility index (Phi) is 2.65. The summed E-state index contributed by atoms with van der Waals surface area (Å²) >= 11 is 0. The molecule has 1 atom stereocenters. The third-order valence-electron chi connectivity index (χ3n) is 1.70. The van der Waals surface area contributed by atoms with Crippen LogP contribution < -0.4 is 0 Å². The highest BCUT2D eigenvalue weighted by atomic mass is 19.1. The summed E-state index contributed by atoms with van der Waals surface area (Å²) in [6.45, 7) is 0.942. The molecule has 0 aliphatic heterocycles. The van der Waals surface area contributed by atoms with Crippen LogP contribution in [-0.4, -0.2) is 10.2 Å². The minimum Gasteiger partial charge on any atom is -0.508 e. The minimum absolute atomic E-state index is 0.00204.